The molecule has 1 amide bonds. The third kappa shape index (κ3) is 3.87. The van der Waals surface area contributed by atoms with E-state index in [1.54, 1.807) is 32.4 Å². The number of ether oxygens (including phenoxy) is 3. The van der Waals surface area contributed by atoms with Gasteiger partial charge in [-0.2, -0.15) is 0 Å². The van der Waals surface area contributed by atoms with Crippen LogP contribution in [0.4, 0.5) is 0 Å². The van der Waals surface area contributed by atoms with Crippen LogP contribution in [0.2, 0.25) is 0 Å². The molecule has 27 heavy (non-hydrogen) atoms. The lowest BCUT2D eigenvalue weighted by atomic mass is 9.83. The van der Waals surface area contributed by atoms with Crippen LogP contribution < -0.4 is 19.5 Å². The predicted octanol–water partition coefficient (Wildman–Crippen LogP) is 4.52. The monoisotopic (exact) mass is 369 g/mol. The number of benzene rings is 2. The van der Waals surface area contributed by atoms with Gasteiger partial charge in [-0.15, -0.1) is 0 Å². The van der Waals surface area contributed by atoms with Gasteiger partial charge < -0.3 is 19.5 Å². The van der Waals surface area contributed by atoms with Crippen LogP contribution in [-0.2, 0) is 0 Å². The number of amides is 1. The number of hydrogen-bond acceptors (Lipinski definition) is 4. The van der Waals surface area contributed by atoms with Gasteiger partial charge in [-0.3, -0.25) is 4.79 Å². The largest absolute Gasteiger partial charge is 0.497 e. The SMILES string of the molecule is CCC1(CC)C[C@@H](NC(=O)c2cc(OC)cc(OC)c2)c2ccccc2O1. The quantitative estimate of drug-likeness (QED) is 0.814. The number of carbonyl (C=O) groups excluding carboxylic acids is 1. The number of hydrogen-bond donors (Lipinski definition) is 1. The lowest BCUT2D eigenvalue weighted by Crippen LogP contribution is -2.44. The first-order chi connectivity index (χ1) is 13.0. The van der Waals surface area contributed by atoms with Gasteiger partial charge >= 0.3 is 0 Å². The van der Waals surface area contributed by atoms with Crippen molar-refractivity contribution < 1.29 is 19.0 Å². The van der Waals surface area contributed by atoms with Gasteiger partial charge in [0.1, 0.15) is 22.8 Å². The number of nitrogens with one attached hydrogen (secondary N) is 1. The van der Waals surface area contributed by atoms with Gasteiger partial charge in [0.15, 0.2) is 0 Å². The van der Waals surface area contributed by atoms with Gasteiger partial charge in [-0.05, 0) is 31.0 Å². The first-order valence-electron chi connectivity index (χ1n) is 9.36. The van der Waals surface area contributed by atoms with Crippen LogP contribution in [-0.4, -0.2) is 25.7 Å². The van der Waals surface area contributed by atoms with Gasteiger partial charge in [-0.1, -0.05) is 32.0 Å². The van der Waals surface area contributed by atoms with E-state index in [2.05, 4.69) is 19.2 Å². The molecule has 5 heteroatoms. The maximum Gasteiger partial charge on any atom is 0.252 e. The highest BCUT2D eigenvalue weighted by molar-refractivity contribution is 5.95. The second-order valence-electron chi connectivity index (χ2n) is 6.86. The molecule has 0 unspecified atom stereocenters. The molecule has 0 fully saturated rings. The standard InChI is InChI=1S/C22H27NO4/c1-5-22(6-2)14-19(18-9-7-8-10-20(18)27-22)23-21(24)15-11-16(25-3)13-17(12-15)26-4/h7-13,19H,5-6,14H2,1-4H3,(H,23,24)/t19-/m1/s1. The maximum absolute atomic E-state index is 13.0. The Balaban J connectivity index is 1.91. The van der Waals surface area contributed by atoms with Gasteiger partial charge in [0.25, 0.3) is 5.91 Å². The van der Waals surface area contributed by atoms with E-state index in [1.165, 1.54) is 0 Å². The summed E-state index contributed by atoms with van der Waals surface area (Å²) in [7, 11) is 3.14. The molecule has 1 aliphatic rings. The summed E-state index contributed by atoms with van der Waals surface area (Å²) in [5, 5.41) is 3.19. The Morgan fingerprint density at radius 3 is 2.33 bits per heavy atom. The summed E-state index contributed by atoms with van der Waals surface area (Å²) in [6.45, 7) is 4.26. The zero-order chi connectivity index (χ0) is 19.4. The fraction of sp³-hybridized carbons (Fsp3) is 0.409. The van der Waals surface area contributed by atoms with Crippen LogP contribution in [0.15, 0.2) is 42.5 Å². The Morgan fingerprint density at radius 1 is 1.11 bits per heavy atom. The molecule has 1 N–H and O–H groups in total. The smallest absolute Gasteiger partial charge is 0.252 e. The first-order valence-corrected chi connectivity index (χ1v) is 9.36. The topological polar surface area (TPSA) is 56.8 Å². The fourth-order valence-corrected chi connectivity index (χ4v) is 3.61. The zero-order valence-corrected chi connectivity index (χ0v) is 16.4. The highest BCUT2D eigenvalue weighted by Crippen LogP contribution is 2.42. The minimum Gasteiger partial charge on any atom is -0.497 e. The summed E-state index contributed by atoms with van der Waals surface area (Å²) in [5.74, 6) is 1.86. The minimum absolute atomic E-state index is 0.112. The molecular weight excluding hydrogens is 342 g/mol. The molecule has 144 valence electrons. The summed E-state index contributed by atoms with van der Waals surface area (Å²) in [5.41, 5.74) is 1.25. The van der Waals surface area contributed by atoms with Crippen LogP contribution >= 0.6 is 0 Å². The number of para-hydroxylation sites is 1. The Labute approximate surface area is 160 Å². The van der Waals surface area contributed by atoms with Crippen LogP contribution in [0.25, 0.3) is 0 Å². The minimum atomic E-state index is -0.266. The zero-order valence-electron chi connectivity index (χ0n) is 16.4. The molecule has 0 saturated heterocycles. The summed E-state index contributed by atoms with van der Waals surface area (Å²) < 4.78 is 16.9. The van der Waals surface area contributed by atoms with Crippen LogP contribution in [0.1, 0.15) is 55.1 Å². The molecule has 1 atom stereocenters. The van der Waals surface area contributed by atoms with Crippen LogP contribution in [0, 0.1) is 0 Å². The van der Waals surface area contributed by atoms with Crippen molar-refractivity contribution in [2.24, 2.45) is 0 Å². The summed E-state index contributed by atoms with van der Waals surface area (Å²) >= 11 is 0. The molecule has 5 nitrogen and oxygen atoms in total. The van der Waals surface area contributed by atoms with E-state index in [4.69, 9.17) is 14.2 Å². The second-order valence-corrected chi connectivity index (χ2v) is 6.86. The number of carbonyl (C=O) groups is 1. The van der Waals surface area contributed by atoms with Gasteiger partial charge in [0.05, 0.1) is 20.3 Å². The average Bonchev–Trinajstić information content (AvgIpc) is 2.72. The summed E-state index contributed by atoms with van der Waals surface area (Å²) in [4.78, 5) is 13.0. The second kappa shape index (κ2) is 7.91. The third-order valence-corrected chi connectivity index (χ3v) is 5.40. The average molecular weight is 369 g/mol. The van der Waals surface area contributed by atoms with Crippen molar-refractivity contribution in [2.45, 2.75) is 44.8 Å². The molecule has 0 radical (unpaired) electrons. The van der Waals surface area contributed by atoms with Crippen molar-refractivity contribution in [3.8, 4) is 17.2 Å². The van der Waals surface area contributed by atoms with E-state index in [9.17, 15) is 4.79 Å². The highest BCUT2D eigenvalue weighted by Gasteiger charge is 2.39. The lowest BCUT2D eigenvalue weighted by Gasteiger charge is -2.41. The summed E-state index contributed by atoms with van der Waals surface area (Å²) in [6, 6.07) is 13.0. The molecule has 0 spiro atoms. The molecule has 0 aliphatic carbocycles. The Morgan fingerprint density at radius 2 is 1.74 bits per heavy atom. The molecule has 0 saturated carbocycles. The van der Waals surface area contributed by atoms with Crippen molar-refractivity contribution >= 4 is 5.91 Å². The highest BCUT2D eigenvalue weighted by atomic mass is 16.5. The van der Waals surface area contributed by atoms with Crippen molar-refractivity contribution in [2.75, 3.05) is 14.2 Å². The fourth-order valence-electron chi connectivity index (χ4n) is 3.61. The van der Waals surface area contributed by atoms with E-state index in [1.807, 2.05) is 24.3 Å². The third-order valence-electron chi connectivity index (χ3n) is 5.40. The van der Waals surface area contributed by atoms with Gasteiger partial charge in [0.2, 0.25) is 0 Å². The first kappa shape index (κ1) is 19.1. The van der Waals surface area contributed by atoms with Crippen molar-refractivity contribution in [3.05, 3.63) is 53.6 Å². The van der Waals surface area contributed by atoms with E-state index < -0.39 is 0 Å². The molecule has 2 aromatic carbocycles. The normalized spacial score (nSPS) is 17.4. The predicted molar refractivity (Wildman–Crippen MR) is 105 cm³/mol. The van der Waals surface area contributed by atoms with Crippen molar-refractivity contribution in [3.63, 3.8) is 0 Å². The Bertz CT molecular complexity index is 791. The maximum atomic E-state index is 13.0. The van der Waals surface area contributed by atoms with E-state index in [0.717, 1.165) is 30.6 Å². The Kier molecular flexibility index (Phi) is 5.59. The Hall–Kier alpha value is -2.69. The van der Waals surface area contributed by atoms with Crippen LogP contribution in [0.5, 0.6) is 17.2 Å². The molecule has 3 rings (SSSR count). The van der Waals surface area contributed by atoms with Crippen LogP contribution in [0.3, 0.4) is 0 Å². The lowest BCUT2D eigenvalue weighted by molar-refractivity contribution is 0.0227. The molecule has 1 aliphatic heterocycles. The summed E-state index contributed by atoms with van der Waals surface area (Å²) in [6.07, 6.45) is 2.51. The van der Waals surface area contributed by atoms with E-state index >= 15 is 0 Å². The molecule has 2 aromatic rings. The molecule has 0 bridgehead atoms. The van der Waals surface area contributed by atoms with E-state index in [0.29, 0.717) is 17.1 Å². The number of rotatable bonds is 6. The molecule has 0 aromatic heterocycles. The van der Waals surface area contributed by atoms with Crippen molar-refractivity contribution in [1.29, 1.82) is 0 Å². The molecule has 1 heterocycles. The number of methoxy groups -OCH3 is 2. The molecular formula is C22H27NO4. The van der Waals surface area contributed by atoms with E-state index in [-0.39, 0.29) is 17.6 Å². The van der Waals surface area contributed by atoms with Gasteiger partial charge in [-0.25, -0.2) is 0 Å². The van der Waals surface area contributed by atoms with Gasteiger partial charge in [0, 0.05) is 23.6 Å². The number of fused-ring (bicyclic) bond motifs is 1. The van der Waals surface area contributed by atoms with Crippen molar-refractivity contribution in [1.82, 2.24) is 5.32 Å².